The van der Waals surface area contributed by atoms with Gasteiger partial charge in [-0.05, 0) is 64.3 Å². The van der Waals surface area contributed by atoms with Crippen LogP contribution in [-0.4, -0.2) is 11.6 Å². The van der Waals surface area contributed by atoms with Gasteiger partial charge in [0.25, 0.3) is 0 Å². The minimum absolute atomic E-state index is 0.304. The van der Waals surface area contributed by atoms with E-state index in [4.69, 9.17) is 4.74 Å². The summed E-state index contributed by atoms with van der Waals surface area (Å²) in [7, 11) is 0. The van der Waals surface area contributed by atoms with E-state index < -0.39 is 5.60 Å². The van der Waals surface area contributed by atoms with Gasteiger partial charge in [-0.25, -0.2) is 4.79 Å². The van der Waals surface area contributed by atoms with Crippen molar-refractivity contribution in [1.29, 1.82) is 0 Å². The molecule has 0 heterocycles. The second kappa shape index (κ2) is 5.38. The fourth-order valence-electron chi connectivity index (χ4n) is 1.94. The zero-order chi connectivity index (χ0) is 13.9. The van der Waals surface area contributed by atoms with Crippen LogP contribution in [0.1, 0.15) is 43.0 Å². The Hall–Kier alpha value is -1.57. The highest BCUT2D eigenvalue weighted by Gasteiger charge is 2.14. The highest BCUT2D eigenvalue weighted by Crippen LogP contribution is 2.18. The zero-order valence-electron chi connectivity index (χ0n) is 12.1. The van der Waals surface area contributed by atoms with Crippen molar-refractivity contribution >= 4 is 12.0 Å². The lowest BCUT2D eigenvalue weighted by molar-refractivity contribution is -0.148. The van der Waals surface area contributed by atoms with E-state index in [-0.39, 0.29) is 5.97 Å². The van der Waals surface area contributed by atoms with E-state index in [9.17, 15) is 4.79 Å². The number of carbonyl (C=O) groups excluding carboxylic acids is 1. The van der Waals surface area contributed by atoms with Crippen molar-refractivity contribution in [2.24, 2.45) is 0 Å². The summed E-state index contributed by atoms with van der Waals surface area (Å²) in [4.78, 5) is 11.6. The van der Waals surface area contributed by atoms with E-state index >= 15 is 0 Å². The van der Waals surface area contributed by atoms with Crippen LogP contribution in [-0.2, 0) is 9.53 Å². The van der Waals surface area contributed by atoms with Gasteiger partial charge in [0, 0.05) is 6.08 Å². The molecule has 0 aliphatic rings. The second-order valence-electron chi connectivity index (χ2n) is 5.68. The molecule has 0 aromatic heterocycles. The van der Waals surface area contributed by atoms with E-state index in [2.05, 4.69) is 32.9 Å². The molecule has 0 aliphatic heterocycles. The van der Waals surface area contributed by atoms with E-state index in [1.807, 2.05) is 26.8 Å². The lowest BCUT2D eigenvalue weighted by Crippen LogP contribution is -2.22. The van der Waals surface area contributed by atoms with Gasteiger partial charge in [-0.2, -0.15) is 0 Å². The average molecular weight is 246 g/mol. The number of hydrogen-bond acceptors (Lipinski definition) is 2. The van der Waals surface area contributed by atoms with Gasteiger partial charge in [0.2, 0.25) is 0 Å². The molecule has 18 heavy (non-hydrogen) atoms. The monoisotopic (exact) mass is 246 g/mol. The molecule has 0 N–H and O–H groups in total. The first-order valence-corrected chi connectivity index (χ1v) is 6.18. The molecule has 0 atom stereocenters. The number of benzene rings is 1. The first-order chi connectivity index (χ1) is 8.19. The molecular formula is C16H22O2. The first kappa shape index (κ1) is 14.5. The molecule has 1 aromatic carbocycles. The molecule has 1 rings (SSSR count). The molecule has 0 spiro atoms. The number of aryl methyl sites for hydroxylation is 3. The van der Waals surface area contributed by atoms with E-state index in [0.29, 0.717) is 0 Å². The van der Waals surface area contributed by atoms with Crippen LogP contribution in [0.5, 0.6) is 0 Å². The van der Waals surface area contributed by atoms with Gasteiger partial charge in [-0.1, -0.05) is 17.7 Å². The minimum Gasteiger partial charge on any atom is -0.457 e. The summed E-state index contributed by atoms with van der Waals surface area (Å²) in [6, 6.07) is 4.23. The maximum absolute atomic E-state index is 11.6. The summed E-state index contributed by atoms with van der Waals surface area (Å²) in [5.41, 5.74) is 4.23. The topological polar surface area (TPSA) is 26.3 Å². The van der Waals surface area contributed by atoms with Crippen LogP contribution in [0.25, 0.3) is 6.08 Å². The fourth-order valence-corrected chi connectivity index (χ4v) is 1.94. The predicted molar refractivity (Wildman–Crippen MR) is 75.5 cm³/mol. The molecule has 0 amide bonds. The minimum atomic E-state index is -0.446. The predicted octanol–water partition coefficient (Wildman–Crippen LogP) is 3.97. The lowest BCUT2D eigenvalue weighted by atomic mass is 9.99. The third kappa shape index (κ3) is 4.36. The lowest BCUT2D eigenvalue weighted by Gasteiger charge is -2.18. The van der Waals surface area contributed by atoms with E-state index in [1.165, 1.54) is 22.8 Å². The SMILES string of the molecule is Cc1cc(C)c(/C=C/C(=O)OC(C)(C)C)c(C)c1. The Labute approximate surface area is 110 Å². The summed E-state index contributed by atoms with van der Waals surface area (Å²) in [5, 5.41) is 0. The number of hydrogen-bond donors (Lipinski definition) is 0. The smallest absolute Gasteiger partial charge is 0.331 e. The summed E-state index contributed by atoms with van der Waals surface area (Å²) >= 11 is 0. The Kier molecular flexibility index (Phi) is 4.33. The van der Waals surface area contributed by atoms with Crippen LogP contribution in [0.4, 0.5) is 0 Å². The third-order valence-electron chi connectivity index (χ3n) is 2.53. The highest BCUT2D eigenvalue weighted by atomic mass is 16.6. The maximum Gasteiger partial charge on any atom is 0.331 e. The number of ether oxygens (including phenoxy) is 1. The van der Waals surface area contributed by atoms with Crippen LogP contribution in [0.2, 0.25) is 0 Å². The highest BCUT2D eigenvalue weighted by molar-refractivity contribution is 5.87. The normalized spacial score (nSPS) is 11.9. The van der Waals surface area contributed by atoms with Crippen LogP contribution in [0, 0.1) is 20.8 Å². The molecule has 2 heteroatoms. The van der Waals surface area contributed by atoms with Crippen molar-refractivity contribution in [3.63, 3.8) is 0 Å². The van der Waals surface area contributed by atoms with Crippen molar-refractivity contribution in [1.82, 2.24) is 0 Å². The number of esters is 1. The molecular weight excluding hydrogens is 224 g/mol. The van der Waals surface area contributed by atoms with Gasteiger partial charge in [0.1, 0.15) is 5.60 Å². The second-order valence-corrected chi connectivity index (χ2v) is 5.68. The van der Waals surface area contributed by atoms with Gasteiger partial charge in [0.05, 0.1) is 0 Å². The summed E-state index contributed by atoms with van der Waals surface area (Å²) in [5.74, 6) is -0.304. The van der Waals surface area contributed by atoms with Crippen molar-refractivity contribution in [3.8, 4) is 0 Å². The standard InChI is InChI=1S/C16H22O2/c1-11-9-12(2)14(13(3)10-11)7-8-15(17)18-16(4,5)6/h7-10H,1-6H3/b8-7+. The molecule has 0 saturated carbocycles. The largest absolute Gasteiger partial charge is 0.457 e. The van der Waals surface area contributed by atoms with Crippen molar-refractivity contribution in [3.05, 3.63) is 40.5 Å². The molecule has 0 unspecified atom stereocenters. The van der Waals surface area contributed by atoms with Crippen LogP contribution in [0.3, 0.4) is 0 Å². The zero-order valence-corrected chi connectivity index (χ0v) is 12.1. The van der Waals surface area contributed by atoms with Gasteiger partial charge < -0.3 is 4.74 Å². The molecule has 1 aromatic rings. The number of carbonyl (C=O) groups is 1. The molecule has 0 saturated heterocycles. The van der Waals surface area contributed by atoms with Gasteiger partial charge in [-0.3, -0.25) is 0 Å². The third-order valence-corrected chi connectivity index (χ3v) is 2.53. The fraction of sp³-hybridized carbons (Fsp3) is 0.438. The van der Waals surface area contributed by atoms with Crippen LogP contribution in [0.15, 0.2) is 18.2 Å². The Bertz CT molecular complexity index is 453. The molecule has 0 bridgehead atoms. The van der Waals surface area contributed by atoms with Crippen molar-refractivity contribution in [2.45, 2.75) is 47.1 Å². The quantitative estimate of drug-likeness (QED) is 0.583. The van der Waals surface area contributed by atoms with Gasteiger partial charge in [0.15, 0.2) is 0 Å². The summed E-state index contributed by atoms with van der Waals surface area (Å²) in [6.45, 7) is 11.8. The van der Waals surface area contributed by atoms with Crippen molar-refractivity contribution in [2.75, 3.05) is 0 Å². The van der Waals surface area contributed by atoms with Crippen molar-refractivity contribution < 1.29 is 9.53 Å². The molecule has 0 fully saturated rings. The Balaban J connectivity index is 2.89. The van der Waals surface area contributed by atoms with Crippen LogP contribution >= 0.6 is 0 Å². The summed E-state index contributed by atoms with van der Waals surface area (Å²) < 4.78 is 5.24. The van der Waals surface area contributed by atoms with E-state index in [1.54, 1.807) is 0 Å². The Morgan fingerprint density at radius 3 is 2.06 bits per heavy atom. The first-order valence-electron chi connectivity index (χ1n) is 6.18. The summed E-state index contributed by atoms with van der Waals surface area (Å²) in [6.07, 6.45) is 3.33. The Morgan fingerprint density at radius 1 is 1.11 bits per heavy atom. The Morgan fingerprint density at radius 2 is 1.61 bits per heavy atom. The molecule has 0 radical (unpaired) electrons. The van der Waals surface area contributed by atoms with Crippen LogP contribution < -0.4 is 0 Å². The average Bonchev–Trinajstić information content (AvgIpc) is 2.12. The molecule has 0 aliphatic carbocycles. The van der Waals surface area contributed by atoms with E-state index in [0.717, 1.165) is 5.56 Å². The molecule has 2 nitrogen and oxygen atoms in total. The maximum atomic E-state index is 11.6. The molecule has 98 valence electrons. The number of rotatable bonds is 2. The van der Waals surface area contributed by atoms with Gasteiger partial charge in [-0.15, -0.1) is 0 Å². The van der Waals surface area contributed by atoms with Gasteiger partial charge >= 0.3 is 5.97 Å².